The second-order valence-electron chi connectivity index (χ2n) is 7.09. The average Bonchev–Trinajstić information content (AvgIpc) is 2.62. The summed E-state index contributed by atoms with van der Waals surface area (Å²) in [6.07, 6.45) is 1.45. The summed E-state index contributed by atoms with van der Waals surface area (Å²) >= 11 is 0. The maximum Gasteiger partial charge on any atom is 0.378 e. The van der Waals surface area contributed by atoms with Crippen LogP contribution in [-0.4, -0.2) is 40.3 Å². The molecule has 1 amide bonds. The van der Waals surface area contributed by atoms with Crippen molar-refractivity contribution in [3.63, 3.8) is 0 Å². The van der Waals surface area contributed by atoms with Crippen LogP contribution in [0.15, 0.2) is 35.3 Å². The van der Waals surface area contributed by atoms with Crippen LogP contribution in [-0.2, 0) is 50.4 Å². The van der Waals surface area contributed by atoms with Crippen molar-refractivity contribution >= 4 is 6.09 Å². The molecule has 0 spiro atoms. The first-order valence-corrected chi connectivity index (χ1v) is 8.90. The molecule has 2 aromatic rings. The Hall–Kier alpha value is -1.77. The molecule has 8 nitrogen and oxygen atoms in total. The summed E-state index contributed by atoms with van der Waals surface area (Å²) in [6, 6.07) is 7.33. The number of aliphatic hydroxyl groups is 1. The van der Waals surface area contributed by atoms with Crippen molar-refractivity contribution in [1.82, 2.24) is 15.1 Å². The summed E-state index contributed by atoms with van der Waals surface area (Å²) in [5.41, 5.74) is 1.13. The smallest absolute Gasteiger partial charge is 0.378 e. The number of hydrogen-bond donors (Lipinski definition) is 2. The minimum Gasteiger partial charge on any atom is -0.494 e. The van der Waals surface area contributed by atoms with Crippen LogP contribution in [0.5, 0.6) is 5.75 Å². The molecule has 0 saturated heterocycles. The number of rotatable bonds is 7. The van der Waals surface area contributed by atoms with Crippen LogP contribution in [0, 0.1) is 6.54 Å². The van der Waals surface area contributed by atoms with Gasteiger partial charge in [0.15, 0.2) is 5.75 Å². The zero-order chi connectivity index (χ0) is 20.7. The molecule has 1 radical (unpaired) electrons. The maximum absolute atomic E-state index is 12.6. The zero-order valence-electron chi connectivity index (χ0n) is 17.1. The number of aromatic nitrogens is 2. The number of nitrogens with zero attached hydrogens (tertiary/aromatic N) is 2. The summed E-state index contributed by atoms with van der Waals surface area (Å²) in [4.78, 5) is 24.3. The predicted molar refractivity (Wildman–Crippen MR) is 105 cm³/mol. The van der Waals surface area contributed by atoms with Crippen LogP contribution < -0.4 is 15.6 Å². The van der Waals surface area contributed by atoms with Crippen LogP contribution >= 0.6 is 0 Å². The Balaban J connectivity index is 0.00000420. The molecule has 0 aliphatic carbocycles. The van der Waals surface area contributed by atoms with Crippen molar-refractivity contribution in [3.8, 4) is 16.9 Å². The Labute approximate surface area is 195 Å². The first-order valence-electron chi connectivity index (χ1n) is 8.90. The largest absolute Gasteiger partial charge is 0.494 e. The van der Waals surface area contributed by atoms with E-state index >= 15 is 0 Å². The van der Waals surface area contributed by atoms with Crippen molar-refractivity contribution in [2.75, 3.05) is 13.7 Å². The van der Waals surface area contributed by atoms with E-state index in [1.54, 1.807) is 39.4 Å². The number of carbonyl (C=O) groups is 1. The summed E-state index contributed by atoms with van der Waals surface area (Å²) in [5, 5.41) is 15.7. The van der Waals surface area contributed by atoms with E-state index < -0.39 is 11.7 Å². The van der Waals surface area contributed by atoms with Gasteiger partial charge in [-0.25, -0.2) is 16.0 Å². The normalized spacial score (nSPS) is 10.8. The summed E-state index contributed by atoms with van der Waals surface area (Å²) in [5.74, 6) is 0.366. The van der Waals surface area contributed by atoms with E-state index in [4.69, 9.17) is 14.6 Å². The van der Waals surface area contributed by atoms with Gasteiger partial charge in [0, 0.05) is 32.7 Å². The number of nitrogens with one attached hydrogen (secondary N) is 1. The van der Waals surface area contributed by atoms with Gasteiger partial charge in [-0.3, -0.25) is 4.79 Å². The Morgan fingerprint density at radius 1 is 1.28 bits per heavy atom. The molecule has 0 atom stereocenters. The van der Waals surface area contributed by atoms with Crippen LogP contribution in [0.2, 0.25) is 0 Å². The van der Waals surface area contributed by atoms with Gasteiger partial charge in [0.2, 0.25) is 0 Å². The molecule has 1 aromatic carbocycles. The van der Waals surface area contributed by atoms with Gasteiger partial charge in [-0.15, -0.1) is 6.42 Å². The first-order chi connectivity index (χ1) is 13.2. The van der Waals surface area contributed by atoms with Gasteiger partial charge in [0.25, 0.3) is 5.56 Å². The Morgan fingerprint density at radius 2 is 1.93 bits per heavy atom. The Kier molecular flexibility index (Phi) is 9.96. The van der Waals surface area contributed by atoms with Gasteiger partial charge in [-0.2, -0.15) is 5.10 Å². The molecule has 0 aliphatic heterocycles. The maximum atomic E-state index is 12.6. The molecule has 155 valence electrons. The van der Waals surface area contributed by atoms with Gasteiger partial charge >= 0.3 is 6.09 Å². The molecular formula is C20H26N3O5Y-. The summed E-state index contributed by atoms with van der Waals surface area (Å²) in [6.45, 7) is 6.94. The molecule has 1 heterocycles. The second kappa shape index (κ2) is 11.4. The van der Waals surface area contributed by atoms with E-state index in [0.29, 0.717) is 23.3 Å². The monoisotopic (exact) mass is 477 g/mol. The van der Waals surface area contributed by atoms with Crippen LogP contribution in [0.25, 0.3) is 11.1 Å². The van der Waals surface area contributed by atoms with Crippen LogP contribution in [0.4, 0.5) is 4.79 Å². The fraction of sp³-hybridized carbons (Fsp3) is 0.400. The molecular weight excluding hydrogens is 451 g/mol. The zero-order valence-corrected chi connectivity index (χ0v) is 20.0. The van der Waals surface area contributed by atoms with Gasteiger partial charge < -0.3 is 19.9 Å². The number of ether oxygens (including phenoxy) is 2. The summed E-state index contributed by atoms with van der Waals surface area (Å²) < 4.78 is 11.6. The van der Waals surface area contributed by atoms with Gasteiger partial charge in [-0.1, -0.05) is 29.8 Å². The molecule has 0 aliphatic rings. The quantitative estimate of drug-likeness (QED) is 0.593. The number of amides is 1. The number of benzene rings is 1. The van der Waals surface area contributed by atoms with Crippen molar-refractivity contribution in [2.24, 2.45) is 0 Å². The fourth-order valence-corrected chi connectivity index (χ4v) is 2.52. The van der Waals surface area contributed by atoms with Crippen LogP contribution in [0.3, 0.4) is 0 Å². The molecule has 0 saturated carbocycles. The molecule has 0 fully saturated rings. The van der Waals surface area contributed by atoms with Crippen molar-refractivity contribution in [3.05, 3.63) is 52.9 Å². The third-order valence-electron chi connectivity index (χ3n) is 3.74. The van der Waals surface area contributed by atoms with E-state index in [0.717, 1.165) is 5.56 Å². The average molecular weight is 477 g/mol. The Morgan fingerprint density at radius 3 is 2.48 bits per heavy atom. The van der Waals surface area contributed by atoms with Gasteiger partial charge in [0.05, 0.1) is 32.0 Å². The third-order valence-corrected chi connectivity index (χ3v) is 3.74. The SMILES string of the molecule is COc1cnn(CCO)c(=O)c1-c1ccc(C[CH-]NC(=O)OC(C)(C)C)cc1.[Y]. The standard InChI is InChI=1S/C20H26N3O5.Y/c1-20(2,3)28-19(26)21-10-9-14-5-7-15(8-6-14)17-16(27-4)13-22-23(11-12-24)18(17)25;/h5-8,10,13,24H,9,11-12H2,1-4H3,(H,21,26);/q-1;. The molecule has 9 heteroatoms. The van der Waals surface area contributed by atoms with E-state index in [1.807, 2.05) is 12.1 Å². The van der Waals surface area contributed by atoms with Crippen LogP contribution in [0.1, 0.15) is 26.3 Å². The Bertz CT molecular complexity index is 860. The molecule has 2 rings (SSSR count). The fourth-order valence-electron chi connectivity index (χ4n) is 2.52. The molecule has 0 bridgehead atoms. The summed E-state index contributed by atoms with van der Waals surface area (Å²) in [7, 11) is 1.47. The van der Waals surface area contributed by atoms with Crippen molar-refractivity contribution in [2.45, 2.75) is 39.3 Å². The van der Waals surface area contributed by atoms with Crippen molar-refractivity contribution in [1.29, 1.82) is 0 Å². The molecule has 29 heavy (non-hydrogen) atoms. The molecule has 0 unspecified atom stereocenters. The predicted octanol–water partition coefficient (Wildman–Crippen LogP) is 2.14. The number of alkyl carbamates (subject to hydrolysis) is 1. The van der Waals surface area contributed by atoms with E-state index in [9.17, 15) is 9.59 Å². The molecule has 2 N–H and O–H groups in total. The third kappa shape index (κ3) is 7.53. The number of carbonyl (C=O) groups excluding carboxylic acids is 1. The van der Waals surface area contributed by atoms with E-state index in [2.05, 4.69) is 10.4 Å². The van der Waals surface area contributed by atoms with E-state index in [-0.39, 0.29) is 51.4 Å². The van der Waals surface area contributed by atoms with Gasteiger partial charge in [-0.05, 0) is 26.3 Å². The topological polar surface area (TPSA) is 103 Å². The minimum atomic E-state index is -0.550. The molecule has 1 aromatic heterocycles. The van der Waals surface area contributed by atoms with Gasteiger partial charge in [0.1, 0.15) is 5.60 Å². The minimum absolute atomic E-state index is 0. The van der Waals surface area contributed by atoms with Crippen molar-refractivity contribution < 1.29 is 52.1 Å². The number of methoxy groups -OCH3 is 1. The number of hydrogen-bond acceptors (Lipinski definition) is 6. The van der Waals surface area contributed by atoms with E-state index in [1.165, 1.54) is 18.0 Å². The first kappa shape index (κ1) is 25.3. The number of aliphatic hydroxyl groups excluding tert-OH is 1. The second-order valence-corrected chi connectivity index (χ2v) is 7.09.